The molecule has 0 N–H and O–H groups in total. The zero-order valence-electron chi connectivity index (χ0n) is 10.6. The van der Waals surface area contributed by atoms with E-state index in [-0.39, 0.29) is 5.56 Å². The Kier molecular flexibility index (Phi) is 4.50. The minimum absolute atomic E-state index is 0.0906. The van der Waals surface area contributed by atoms with Gasteiger partial charge >= 0.3 is 0 Å². The predicted molar refractivity (Wildman–Crippen MR) is 77.0 cm³/mol. The average Bonchev–Trinajstić information content (AvgIpc) is 2.40. The molecule has 0 atom stereocenters. The molecule has 0 aliphatic rings. The van der Waals surface area contributed by atoms with Gasteiger partial charge < -0.3 is 9.30 Å². The Labute approximate surface area is 120 Å². The fourth-order valence-electron chi connectivity index (χ4n) is 1.53. The molecule has 19 heavy (non-hydrogen) atoms. The van der Waals surface area contributed by atoms with E-state index < -0.39 is 0 Å². The molecular formula is C13H13ClN2O2S. The lowest BCUT2D eigenvalue weighted by Crippen LogP contribution is -2.18. The number of halogens is 1. The summed E-state index contributed by atoms with van der Waals surface area (Å²) in [6.45, 7) is 0. The van der Waals surface area contributed by atoms with Crippen molar-refractivity contribution in [3.05, 3.63) is 51.5 Å². The van der Waals surface area contributed by atoms with Crippen molar-refractivity contribution >= 4 is 23.4 Å². The van der Waals surface area contributed by atoms with Gasteiger partial charge in [0.1, 0.15) is 5.75 Å². The summed E-state index contributed by atoms with van der Waals surface area (Å²) < 4.78 is 6.60. The Balaban J connectivity index is 2.12. The highest BCUT2D eigenvalue weighted by Gasteiger charge is 2.06. The first-order valence-corrected chi connectivity index (χ1v) is 6.95. The fourth-order valence-corrected chi connectivity index (χ4v) is 2.69. The molecule has 1 aromatic carbocycles. The summed E-state index contributed by atoms with van der Waals surface area (Å²) in [6.07, 6.45) is 3.25. The highest BCUT2D eigenvalue weighted by atomic mass is 35.5. The number of hydrogen-bond donors (Lipinski definition) is 0. The number of benzene rings is 1. The summed E-state index contributed by atoms with van der Waals surface area (Å²) in [5, 5.41) is 1.05. The molecule has 0 spiro atoms. The molecule has 0 aliphatic heterocycles. The van der Waals surface area contributed by atoms with Crippen molar-refractivity contribution < 1.29 is 4.74 Å². The monoisotopic (exact) mass is 296 g/mol. The standard InChI is InChI=1S/C13H13ClN2O2S/c1-16-6-5-15-12(13(16)17)19-8-9-3-4-11(18-2)10(14)7-9/h3-7H,8H2,1-2H3. The lowest BCUT2D eigenvalue weighted by molar-refractivity contribution is 0.415. The molecule has 0 radical (unpaired) electrons. The van der Waals surface area contributed by atoms with E-state index in [4.69, 9.17) is 16.3 Å². The van der Waals surface area contributed by atoms with Crippen molar-refractivity contribution in [2.24, 2.45) is 7.05 Å². The number of rotatable bonds is 4. The van der Waals surface area contributed by atoms with Crippen LogP contribution < -0.4 is 10.3 Å². The number of hydrogen-bond acceptors (Lipinski definition) is 4. The Morgan fingerprint density at radius 1 is 1.47 bits per heavy atom. The second-order valence-corrected chi connectivity index (χ2v) is 5.28. The molecule has 0 unspecified atom stereocenters. The van der Waals surface area contributed by atoms with Crippen LogP contribution >= 0.6 is 23.4 Å². The van der Waals surface area contributed by atoms with E-state index in [1.54, 1.807) is 26.6 Å². The van der Waals surface area contributed by atoms with Crippen LogP contribution in [0, 0.1) is 0 Å². The number of thioether (sulfide) groups is 1. The highest BCUT2D eigenvalue weighted by molar-refractivity contribution is 7.98. The van der Waals surface area contributed by atoms with Gasteiger partial charge in [-0.1, -0.05) is 29.4 Å². The second kappa shape index (κ2) is 6.12. The SMILES string of the molecule is COc1ccc(CSc2nccn(C)c2=O)cc1Cl. The summed E-state index contributed by atoms with van der Waals surface area (Å²) in [7, 11) is 3.28. The van der Waals surface area contributed by atoms with Crippen molar-refractivity contribution in [3.63, 3.8) is 0 Å². The summed E-state index contributed by atoms with van der Waals surface area (Å²) in [5.41, 5.74) is 0.926. The van der Waals surface area contributed by atoms with Gasteiger partial charge in [-0.05, 0) is 17.7 Å². The van der Waals surface area contributed by atoms with Crippen LogP contribution in [-0.4, -0.2) is 16.7 Å². The van der Waals surface area contributed by atoms with E-state index >= 15 is 0 Å². The Morgan fingerprint density at radius 2 is 2.26 bits per heavy atom. The van der Waals surface area contributed by atoms with Gasteiger partial charge in [-0.2, -0.15) is 0 Å². The number of aryl methyl sites for hydroxylation is 1. The van der Waals surface area contributed by atoms with Gasteiger partial charge in [-0.25, -0.2) is 4.98 Å². The van der Waals surface area contributed by atoms with Gasteiger partial charge in [0.15, 0.2) is 5.03 Å². The van der Waals surface area contributed by atoms with Crippen molar-refractivity contribution in [1.29, 1.82) is 0 Å². The second-order valence-electron chi connectivity index (χ2n) is 3.91. The zero-order chi connectivity index (χ0) is 13.8. The van der Waals surface area contributed by atoms with Crippen LogP contribution in [-0.2, 0) is 12.8 Å². The van der Waals surface area contributed by atoms with Crippen LogP contribution in [0.2, 0.25) is 5.02 Å². The first-order valence-electron chi connectivity index (χ1n) is 5.58. The third-order valence-corrected chi connectivity index (χ3v) is 3.90. The van der Waals surface area contributed by atoms with Crippen molar-refractivity contribution in [3.8, 4) is 5.75 Å². The van der Waals surface area contributed by atoms with Gasteiger partial charge in [0.05, 0.1) is 12.1 Å². The molecule has 100 valence electrons. The fraction of sp³-hybridized carbons (Fsp3) is 0.231. The Morgan fingerprint density at radius 3 is 2.95 bits per heavy atom. The van der Waals surface area contributed by atoms with Crippen LogP contribution in [0.15, 0.2) is 40.4 Å². The first-order chi connectivity index (χ1) is 9.11. The van der Waals surface area contributed by atoms with E-state index in [9.17, 15) is 4.79 Å². The van der Waals surface area contributed by atoms with Gasteiger partial charge in [0.2, 0.25) is 0 Å². The predicted octanol–water partition coefficient (Wildman–Crippen LogP) is 2.73. The van der Waals surface area contributed by atoms with E-state index in [0.29, 0.717) is 21.6 Å². The molecule has 1 heterocycles. The Hall–Kier alpha value is -1.46. The van der Waals surface area contributed by atoms with E-state index in [0.717, 1.165) is 5.56 Å². The smallest absolute Gasteiger partial charge is 0.282 e. The minimum atomic E-state index is -0.0906. The quantitative estimate of drug-likeness (QED) is 0.814. The van der Waals surface area contributed by atoms with E-state index in [1.807, 2.05) is 18.2 Å². The number of ether oxygens (including phenoxy) is 1. The summed E-state index contributed by atoms with van der Waals surface area (Å²) in [6, 6.07) is 5.57. The lowest BCUT2D eigenvalue weighted by atomic mass is 10.2. The maximum Gasteiger partial charge on any atom is 0.282 e. The Bertz CT molecular complexity index is 643. The number of aromatic nitrogens is 2. The lowest BCUT2D eigenvalue weighted by Gasteiger charge is -2.06. The summed E-state index contributed by atoms with van der Waals surface area (Å²) in [5.74, 6) is 1.28. The molecule has 0 saturated heterocycles. The third-order valence-electron chi connectivity index (χ3n) is 2.58. The first kappa shape index (κ1) is 14.0. The molecule has 0 fully saturated rings. The van der Waals surface area contributed by atoms with Crippen LogP contribution in [0.1, 0.15) is 5.56 Å². The number of methoxy groups -OCH3 is 1. The van der Waals surface area contributed by atoms with Gasteiger partial charge in [0.25, 0.3) is 5.56 Å². The molecule has 1 aromatic heterocycles. The largest absolute Gasteiger partial charge is 0.495 e. The molecule has 2 aromatic rings. The van der Waals surface area contributed by atoms with Crippen molar-refractivity contribution in [2.45, 2.75) is 10.8 Å². The van der Waals surface area contributed by atoms with Crippen LogP contribution in [0.5, 0.6) is 5.75 Å². The van der Waals surface area contributed by atoms with Crippen LogP contribution in [0.25, 0.3) is 0 Å². The third kappa shape index (κ3) is 3.30. The van der Waals surface area contributed by atoms with Gasteiger partial charge in [0, 0.05) is 25.2 Å². The maximum atomic E-state index is 11.8. The van der Waals surface area contributed by atoms with E-state index in [1.165, 1.54) is 16.3 Å². The normalized spacial score (nSPS) is 10.5. The van der Waals surface area contributed by atoms with Crippen LogP contribution in [0.3, 0.4) is 0 Å². The van der Waals surface area contributed by atoms with Gasteiger partial charge in [-0.15, -0.1) is 0 Å². The molecule has 0 amide bonds. The molecule has 2 rings (SSSR count). The van der Waals surface area contributed by atoms with Crippen LogP contribution in [0.4, 0.5) is 0 Å². The highest BCUT2D eigenvalue weighted by Crippen LogP contribution is 2.27. The van der Waals surface area contributed by atoms with Crippen molar-refractivity contribution in [1.82, 2.24) is 9.55 Å². The molecule has 0 bridgehead atoms. The molecule has 4 nitrogen and oxygen atoms in total. The molecule has 0 saturated carbocycles. The van der Waals surface area contributed by atoms with Crippen molar-refractivity contribution in [2.75, 3.05) is 7.11 Å². The maximum absolute atomic E-state index is 11.8. The molecular weight excluding hydrogens is 284 g/mol. The molecule has 0 aliphatic carbocycles. The zero-order valence-corrected chi connectivity index (χ0v) is 12.2. The average molecular weight is 297 g/mol. The topological polar surface area (TPSA) is 44.1 Å². The minimum Gasteiger partial charge on any atom is -0.495 e. The van der Waals surface area contributed by atoms with E-state index in [2.05, 4.69) is 4.98 Å². The summed E-state index contributed by atoms with van der Waals surface area (Å²) >= 11 is 7.44. The summed E-state index contributed by atoms with van der Waals surface area (Å²) in [4.78, 5) is 15.9. The molecule has 6 heteroatoms. The van der Waals surface area contributed by atoms with Gasteiger partial charge in [-0.3, -0.25) is 4.79 Å². The number of nitrogens with zero attached hydrogens (tertiary/aromatic N) is 2.